The number of allylic oxidation sites excluding steroid dienone is 1. The van der Waals surface area contributed by atoms with Gasteiger partial charge in [0.2, 0.25) is 0 Å². The predicted molar refractivity (Wildman–Crippen MR) is 48.4 cm³/mol. The van der Waals surface area contributed by atoms with Crippen molar-refractivity contribution in [2.75, 3.05) is 11.3 Å². The van der Waals surface area contributed by atoms with Gasteiger partial charge < -0.3 is 0 Å². The summed E-state index contributed by atoms with van der Waals surface area (Å²) in [6.07, 6.45) is 4.17. The van der Waals surface area contributed by atoms with E-state index in [1.807, 2.05) is 29.5 Å². The molecule has 0 N–H and O–H groups in total. The second-order valence-corrected chi connectivity index (χ2v) is 4.59. The van der Waals surface area contributed by atoms with Crippen molar-refractivity contribution in [2.45, 2.75) is 6.92 Å². The lowest BCUT2D eigenvalue weighted by molar-refractivity contribution is 1.79. The van der Waals surface area contributed by atoms with E-state index in [0.29, 0.717) is 0 Å². The molecule has 0 fully saturated rings. The zero-order valence-electron chi connectivity index (χ0n) is 5.09. The Morgan fingerprint density at radius 3 is 2.75 bits per heavy atom. The average molecular weight is 166 g/mol. The Morgan fingerprint density at radius 1 is 1.50 bits per heavy atom. The molecule has 0 aromatic carbocycles. The standard InChI is InChI=1S/C5H10S3/c1-3-4-7-8-5-6-2/h3-4H,5H2,1-2H3/b4-3-. The molecule has 3 heteroatoms. The molecule has 0 saturated carbocycles. The van der Waals surface area contributed by atoms with Crippen LogP contribution >= 0.6 is 33.3 Å². The zero-order chi connectivity index (χ0) is 6.24. The Labute approximate surface area is 63.3 Å². The molecule has 0 heterocycles. The molecule has 0 amide bonds. The molecule has 8 heavy (non-hydrogen) atoms. The predicted octanol–water partition coefficient (Wildman–Crippen LogP) is 3.22. The minimum atomic E-state index is 1.18. The van der Waals surface area contributed by atoms with Gasteiger partial charge in [-0.25, -0.2) is 0 Å². The van der Waals surface area contributed by atoms with Crippen LogP contribution in [0.4, 0.5) is 0 Å². The summed E-state index contributed by atoms with van der Waals surface area (Å²) in [5.41, 5.74) is 0. The molecule has 0 atom stereocenters. The van der Waals surface area contributed by atoms with Crippen LogP contribution in [0.3, 0.4) is 0 Å². The second-order valence-electron chi connectivity index (χ2n) is 1.09. The molecule has 0 nitrogen and oxygen atoms in total. The van der Waals surface area contributed by atoms with Gasteiger partial charge in [0.05, 0.1) is 0 Å². The van der Waals surface area contributed by atoms with Crippen molar-refractivity contribution >= 4 is 33.3 Å². The van der Waals surface area contributed by atoms with Crippen LogP contribution in [0.25, 0.3) is 0 Å². The number of thioether (sulfide) groups is 1. The molecule has 0 radical (unpaired) electrons. The molecule has 0 aliphatic rings. The van der Waals surface area contributed by atoms with E-state index in [2.05, 4.69) is 17.7 Å². The van der Waals surface area contributed by atoms with Gasteiger partial charge in [0, 0.05) is 5.08 Å². The van der Waals surface area contributed by atoms with Gasteiger partial charge in [-0.15, -0.1) is 0 Å². The topological polar surface area (TPSA) is 0 Å². The second kappa shape index (κ2) is 7.79. The van der Waals surface area contributed by atoms with Crippen LogP contribution in [-0.4, -0.2) is 11.3 Å². The summed E-state index contributed by atoms with van der Waals surface area (Å²) in [7, 11) is 3.66. The van der Waals surface area contributed by atoms with Crippen molar-refractivity contribution < 1.29 is 0 Å². The summed E-state index contributed by atoms with van der Waals surface area (Å²) < 4.78 is 0. The lowest BCUT2D eigenvalue weighted by atomic mass is 10.8. The third-order valence-corrected chi connectivity index (χ3v) is 3.88. The zero-order valence-corrected chi connectivity index (χ0v) is 7.54. The summed E-state index contributed by atoms with van der Waals surface area (Å²) >= 11 is 1.86. The molecular formula is C5H10S3. The van der Waals surface area contributed by atoms with E-state index in [0.717, 1.165) is 0 Å². The minimum absolute atomic E-state index is 1.18. The highest BCUT2D eigenvalue weighted by molar-refractivity contribution is 8.79. The first-order valence-corrected chi connectivity index (χ1v) is 6.07. The lowest BCUT2D eigenvalue weighted by Crippen LogP contribution is -1.55. The van der Waals surface area contributed by atoms with Gasteiger partial charge in [-0.3, -0.25) is 0 Å². The molecule has 0 spiro atoms. The maximum Gasteiger partial charge on any atom is 0.0496 e. The fourth-order valence-corrected chi connectivity index (χ4v) is 2.90. The highest BCUT2D eigenvalue weighted by Crippen LogP contribution is 2.25. The summed E-state index contributed by atoms with van der Waals surface area (Å²) in [4.78, 5) is 0. The van der Waals surface area contributed by atoms with E-state index in [9.17, 15) is 0 Å². The smallest absolute Gasteiger partial charge is 0.0496 e. The van der Waals surface area contributed by atoms with E-state index >= 15 is 0 Å². The molecule has 0 bridgehead atoms. The monoisotopic (exact) mass is 166 g/mol. The maximum absolute atomic E-state index is 2.11. The third-order valence-electron chi connectivity index (χ3n) is 0.426. The molecule has 0 aromatic rings. The highest BCUT2D eigenvalue weighted by atomic mass is 33.1. The molecule has 0 aliphatic heterocycles. The van der Waals surface area contributed by atoms with Crippen molar-refractivity contribution in [3.05, 3.63) is 11.5 Å². The SMILES string of the molecule is C/C=C\SSCSC. The fourth-order valence-electron chi connectivity index (χ4n) is 0.171. The molecule has 0 saturated heterocycles. The van der Waals surface area contributed by atoms with Gasteiger partial charge in [-0.05, 0) is 18.6 Å². The molecule has 0 aliphatic carbocycles. The van der Waals surface area contributed by atoms with E-state index < -0.39 is 0 Å². The van der Waals surface area contributed by atoms with Gasteiger partial charge >= 0.3 is 0 Å². The van der Waals surface area contributed by atoms with E-state index in [1.165, 1.54) is 5.08 Å². The van der Waals surface area contributed by atoms with Crippen LogP contribution in [0.5, 0.6) is 0 Å². The first kappa shape index (κ1) is 8.79. The number of hydrogen-bond donors (Lipinski definition) is 0. The van der Waals surface area contributed by atoms with Crippen LogP contribution < -0.4 is 0 Å². The van der Waals surface area contributed by atoms with Crippen LogP contribution in [0.1, 0.15) is 6.92 Å². The van der Waals surface area contributed by atoms with Crippen LogP contribution in [-0.2, 0) is 0 Å². The van der Waals surface area contributed by atoms with Gasteiger partial charge in [0.25, 0.3) is 0 Å². The number of hydrogen-bond acceptors (Lipinski definition) is 3. The van der Waals surface area contributed by atoms with Crippen LogP contribution in [0, 0.1) is 0 Å². The Hall–Kier alpha value is 0.790. The summed E-state index contributed by atoms with van der Waals surface area (Å²) in [6.45, 7) is 2.03. The maximum atomic E-state index is 2.11. The fraction of sp³-hybridized carbons (Fsp3) is 0.600. The molecule has 48 valence electrons. The normalized spacial score (nSPS) is 10.8. The quantitative estimate of drug-likeness (QED) is 0.357. The van der Waals surface area contributed by atoms with Gasteiger partial charge in [0.1, 0.15) is 0 Å². The summed E-state index contributed by atoms with van der Waals surface area (Å²) in [6, 6.07) is 0. The Morgan fingerprint density at radius 2 is 2.25 bits per heavy atom. The Balaban J connectivity index is 2.72. The summed E-state index contributed by atoms with van der Waals surface area (Å²) in [5.74, 6) is 0. The first-order valence-electron chi connectivity index (χ1n) is 2.30. The van der Waals surface area contributed by atoms with Crippen molar-refractivity contribution in [3.63, 3.8) is 0 Å². The highest BCUT2D eigenvalue weighted by Gasteiger charge is 1.79. The lowest BCUT2D eigenvalue weighted by Gasteiger charge is -1.88. The summed E-state index contributed by atoms with van der Waals surface area (Å²) in [5, 5.41) is 3.27. The van der Waals surface area contributed by atoms with E-state index in [4.69, 9.17) is 0 Å². The van der Waals surface area contributed by atoms with Crippen molar-refractivity contribution in [3.8, 4) is 0 Å². The van der Waals surface area contributed by atoms with E-state index in [1.54, 1.807) is 10.8 Å². The Bertz CT molecular complexity index is 60.7. The number of rotatable bonds is 4. The third kappa shape index (κ3) is 6.79. The van der Waals surface area contributed by atoms with E-state index in [-0.39, 0.29) is 0 Å². The molecule has 0 unspecified atom stereocenters. The van der Waals surface area contributed by atoms with Gasteiger partial charge in [-0.2, -0.15) is 11.8 Å². The largest absolute Gasteiger partial charge is 0.154 e. The van der Waals surface area contributed by atoms with Crippen LogP contribution in [0.15, 0.2) is 11.5 Å². The molecule has 0 aromatic heterocycles. The van der Waals surface area contributed by atoms with Crippen molar-refractivity contribution in [1.82, 2.24) is 0 Å². The van der Waals surface area contributed by atoms with Gasteiger partial charge in [0.15, 0.2) is 0 Å². The average Bonchev–Trinajstić information content (AvgIpc) is 1.81. The van der Waals surface area contributed by atoms with Crippen molar-refractivity contribution in [2.24, 2.45) is 0 Å². The van der Waals surface area contributed by atoms with Crippen molar-refractivity contribution in [1.29, 1.82) is 0 Å². The molecular weight excluding hydrogens is 156 g/mol. The minimum Gasteiger partial charge on any atom is -0.154 e. The molecule has 0 rings (SSSR count). The Kier molecular flexibility index (Phi) is 8.56. The van der Waals surface area contributed by atoms with Gasteiger partial charge in [-0.1, -0.05) is 27.7 Å². The van der Waals surface area contributed by atoms with Crippen LogP contribution in [0.2, 0.25) is 0 Å². The first-order chi connectivity index (χ1) is 3.91.